The van der Waals surface area contributed by atoms with Crippen molar-refractivity contribution in [3.63, 3.8) is 0 Å². The number of ether oxygens (including phenoxy) is 12. The van der Waals surface area contributed by atoms with Crippen LogP contribution in [0.3, 0.4) is 0 Å². The SMILES string of the molecule is C[C@@H]1CC[C@@]2(OC1)O[C@H]1C[C@H]3[C@@H]4CC=C5C[C@@H](O[C@@H]6O[C@H](CO)[C@H](O[C@@H]7O[C@H](CO)[C@@H](O)[C@H](O[C@@H]8O[C@H](CO)[C@@H](O)[C@H](O)[C@H]8O)[C@H]7O[C@@H]7O[C@H](CO)[C@@H](O)[C@H](O[C@@H]8OC[C@H](O)[C@H](O)[C@H]8O)[C@H]7O)[C@H](O)[C@H]6O)CC[C@]5(C)[C@H]4CC(=O)[C@]3(C)[C@H]1[C@@H]2C. The van der Waals surface area contributed by atoms with Crippen LogP contribution in [0.15, 0.2) is 11.6 Å². The molecule has 1 spiro atoms. The van der Waals surface area contributed by atoms with Crippen LogP contribution in [-0.4, -0.2) is 287 Å². The van der Waals surface area contributed by atoms with Gasteiger partial charge in [0.25, 0.3) is 0 Å². The zero-order valence-corrected chi connectivity index (χ0v) is 47.5. The Hall–Kier alpha value is -1.67. The lowest BCUT2D eigenvalue weighted by Gasteiger charge is -2.58. The van der Waals surface area contributed by atoms with E-state index in [1.165, 1.54) is 0 Å². The van der Waals surface area contributed by atoms with Gasteiger partial charge >= 0.3 is 0 Å². The Morgan fingerprint density at radius 2 is 1.12 bits per heavy atom. The van der Waals surface area contributed by atoms with Gasteiger partial charge in [0.1, 0.15) is 122 Å². The molecule has 0 aromatic rings. The maximum atomic E-state index is 14.8. The molecule has 480 valence electrons. The van der Waals surface area contributed by atoms with Crippen molar-refractivity contribution in [1.82, 2.24) is 0 Å². The van der Waals surface area contributed by atoms with Gasteiger partial charge in [-0.2, -0.15) is 0 Å². The van der Waals surface area contributed by atoms with E-state index in [0.717, 1.165) is 31.3 Å². The van der Waals surface area contributed by atoms with Crippen molar-refractivity contribution in [3.8, 4) is 0 Å². The fraction of sp³-hybridized carbons (Fsp3) is 0.946. The molecule has 0 amide bonds. The van der Waals surface area contributed by atoms with E-state index in [-0.39, 0.29) is 46.9 Å². The highest BCUT2D eigenvalue weighted by atomic mass is 16.8. The van der Waals surface area contributed by atoms with Crippen molar-refractivity contribution in [1.29, 1.82) is 0 Å². The van der Waals surface area contributed by atoms with Gasteiger partial charge in [-0.25, -0.2) is 0 Å². The quantitative estimate of drug-likeness (QED) is 0.0722. The normalized spacial score (nSPS) is 55.9. The second-order valence-electron chi connectivity index (χ2n) is 26.1. The lowest BCUT2D eigenvalue weighted by Crippen LogP contribution is -2.69. The van der Waals surface area contributed by atoms with E-state index in [1.807, 2.05) is 0 Å². The van der Waals surface area contributed by atoms with Crippen LogP contribution in [0.5, 0.6) is 0 Å². The van der Waals surface area contributed by atoms with Gasteiger partial charge in [-0.3, -0.25) is 4.79 Å². The van der Waals surface area contributed by atoms with Crippen LogP contribution in [-0.2, 0) is 61.6 Å². The minimum absolute atomic E-state index is 0.0601. The summed E-state index contributed by atoms with van der Waals surface area (Å²) in [6.45, 7) is 5.14. The number of aliphatic hydroxyl groups is 15. The first-order valence-electron chi connectivity index (χ1n) is 29.9. The second-order valence-corrected chi connectivity index (χ2v) is 26.1. The molecular formula is C56H88O28. The molecule has 7 aliphatic heterocycles. The minimum Gasteiger partial charge on any atom is -0.394 e. The molecule has 0 bridgehead atoms. The van der Waals surface area contributed by atoms with Crippen LogP contribution in [0.1, 0.15) is 79.1 Å². The first-order chi connectivity index (χ1) is 39.9. The Balaban J connectivity index is 0.805. The van der Waals surface area contributed by atoms with E-state index in [0.29, 0.717) is 38.2 Å². The predicted octanol–water partition coefficient (Wildman–Crippen LogP) is -5.35. The van der Waals surface area contributed by atoms with Crippen molar-refractivity contribution in [3.05, 3.63) is 11.6 Å². The van der Waals surface area contributed by atoms with Gasteiger partial charge in [0, 0.05) is 30.1 Å². The van der Waals surface area contributed by atoms with E-state index in [1.54, 1.807) is 0 Å². The largest absolute Gasteiger partial charge is 0.394 e. The molecule has 0 unspecified atom stereocenters. The van der Waals surface area contributed by atoms with E-state index < -0.39 is 198 Å². The van der Waals surface area contributed by atoms with E-state index in [9.17, 15) is 81.4 Å². The smallest absolute Gasteiger partial charge is 0.187 e. The Kier molecular flexibility index (Phi) is 18.9. The number of carbonyl (C=O) groups excluding carboxylic acids is 1. The van der Waals surface area contributed by atoms with Crippen LogP contribution < -0.4 is 0 Å². The molecule has 3 saturated carbocycles. The van der Waals surface area contributed by atoms with Crippen molar-refractivity contribution in [2.75, 3.05) is 39.6 Å². The Bertz CT molecular complexity index is 2290. The Labute approximate surface area is 484 Å². The fourth-order valence-corrected chi connectivity index (χ4v) is 16.4. The average molecular weight is 1210 g/mol. The molecular weight excluding hydrogens is 1120 g/mol. The van der Waals surface area contributed by atoms with Gasteiger partial charge in [-0.05, 0) is 67.6 Å². The molecule has 0 aromatic heterocycles. The maximum Gasteiger partial charge on any atom is 0.187 e. The van der Waals surface area contributed by atoms with E-state index in [4.69, 9.17) is 56.8 Å². The van der Waals surface area contributed by atoms with Crippen LogP contribution in [0.25, 0.3) is 0 Å². The lowest BCUT2D eigenvalue weighted by atomic mass is 9.46. The lowest BCUT2D eigenvalue weighted by molar-refractivity contribution is -0.410. The number of ketones is 1. The number of Topliss-reactive ketones (excluding diaryl/α,β-unsaturated/α-hetero) is 1. The molecule has 84 heavy (non-hydrogen) atoms. The number of hydrogen-bond donors (Lipinski definition) is 15. The summed E-state index contributed by atoms with van der Waals surface area (Å²) >= 11 is 0. The summed E-state index contributed by atoms with van der Waals surface area (Å²) in [5.41, 5.74) is 0.251. The van der Waals surface area contributed by atoms with Gasteiger partial charge in [0.05, 0.1) is 51.8 Å². The highest BCUT2D eigenvalue weighted by molar-refractivity contribution is 5.87. The highest BCUT2D eigenvalue weighted by Crippen LogP contribution is 2.70. The Morgan fingerprint density at radius 3 is 1.79 bits per heavy atom. The van der Waals surface area contributed by atoms with Crippen molar-refractivity contribution < 1.29 is 138 Å². The molecule has 7 saturated heterocycles. The Morgan fingerprint density at radius 1 is 0.548 bits per heavy atom. The predicted molar refractivity (Wildman–Crippen MR) is 275 cm³/mol. The summed E-state index contributed by atoms with van der Waals surface area (Å²) in [6, 6.07) is 0. The summed E-state index contributed by atoms with van der Waals surface area (Å²) in [4.78, 5) is 14.8. The summed E-state index contributed by atoms with van der Waals surface area (Å²) in [6.07, 6.45) is -37.8. The van der Waals surface area contributed by atoms with Crippen molar-refractivity contribution in [2.24, 2.45) is 46.3 Å². The summed E-state index contributed by atoms with van der Waals surface area (Å²) in [5.74, 6) is 0.705. The summed E-state index contributed by atoms with van der Waals surface area (Å²) in [7, 11) is 0. The standard InChI is InChI=1S/C56H88O28/c1-20-7-10-56(74-18-20)21(2)34-28(84-56)12-26-24-6-5-22-11-23(8-9-54(22,3)25(24)13-33(62)55(26,34)4)75-50-43(71)40(68)45(32(17-60)79-50)80-53-48(47(38(66)31(16-59)78-53)82-51-42(70)39(67)36(64)29(14-57)76-51)83-52-44(72)46(37(65)30(15-58)77-52)81-49-41(69)35(63)27(61)19-73-49/h5,20-21,23-32,34-53,57-61,63-72H,6-19H2,1-4H3/t20-,21+,23+,24-,25+,26+,27+,28+,29-,30-,31-,32-,34+,35+,36-,37-,38-,39+,40-,41-,42-,43-,44-,45+,46+,47+,48-,49+,50-,51+,52+,53+,54+,55-,56-/m1/s1. The molecule has 15 N–H and O–H groups in total. The number of fused-ring (bicyclic) bond motifs is 7. The molecule has 28 heteroatoms. The van der Waals surface area contributed by atoms with Gasteiger partial charge in [0.15, 0.2) is 37.2 Å². The molecule has 28 nitrogen and oxygen atoms in total. The molecule has 4 aliphatic carbocycles. The zero-order chi connectivity index (χ0) is 60.2. The summed E-state index contributed by atoms with van der Waals surface area (Å²) < 4.78 is 73.0. The van der Waals surface area contributed by atoms with Gasteiger partial charge in [-0.15, -0.1) is 0 Å². The number of aliphatic hydroxyl groups excluding tert-OH is 15. The van der Waals surface area contributed by atoms with Crippen LogP contribution in [0, 0.1) is 46.3 Å². The molecule has 11 rings (SSSR count). The second kappa shape index (κ2) is 24.8. The molecule has 0 radical (unpaired) electrons. The monoisotopic (exact) mass is 1210 g/mol. The van der Waals surface area contributed by atoms with E-state index in [2.05, 4.69) is 33.8 Å². The van der Waals surface area contributed by atoms with Crippen LogP contribution >= 0.6 is 0 Å². The van der Waals surface area contributed by atoms with Crippen molar-refractivity contribution in [2.45, 2.75) is 244 Å². The van der Waals surface area contributed by atoms with Gasteiger partial charge in [0.2, 0.25) is 0 Å². The van der Waals surface area contributed by atoms with Crippen molar-refractivity contribution >= 4 is 5.78 Å². The molecule has 11 aliphatic rings. The van der Waals surface area contributed by atoms with Gasteiger partial charge in [-0.1, -0.05) is 39.3 Å². The fourth-order valence-electron chi connectivity index (χ4n) is 16.4. The average Bonchev–Trinajstić information content (AvgIpc) is 1.53. The highest BCUT2D eigenvalue weighted by Gasteiger charge is 2.72. The number of rotatable bonds is 14. The third kappa shape index (κ3) is 10.9. The van der Waals surface area contributed by atoms with Crippen LogP contribution in [0.4, 0.5) is 0 Å². The molecule has 7 heterocycles. The number of allylic oxidation sites excluding steroid dienone is 1. The summed E-state index contributed by atoms with van der Waals surface area (Å²) in [5, 5.41) is 164. The third-order valence-electron chi connectivity index (χ3n) is 21.4. The molecule has 10 fully saturated rings. The zero-order valence-electron chi connectivity index (χ0n) is 47.5. The van der Waals surface area contributed by atoms with Gasteiger partial charge < -0.3 is 133 Å². The topological polar surface area (TPSA) is 431 Å². The first kappa shape index (κ1) is 63.9. The molecule has 0 aromatic carbocycles. The third-order valence-corrected chi connectivity index (χ3v) is 21.4. The first-order valence-corrected chi connectivity index (χ1v) is 29.9. The number of hydrogen-bond acceptors (Lipinski definition) is 28. The maximum absolute atomic E-state index is 14.8. The minimum atomic E-state index is -2.16. The van der Waals surface area contributed by atoms with E-state index >= 15 is 0 Å². The molecule has 35 atom stereocenters. The van der Waals surface area contributed by atoms with Crippen LogP contribution in [0.2, 0.25) is 0 Å². The number of carbonyl (C=O) groups is 1.